The Morgan fingerprint density at radius 2 is 1.80 bits per heavy atom. The van der Waals surface area contributed by atoms with Crippen molar-refractivity contribution < 1.29 is 18.3 Å². The first kappa shape index (κ1) is 20.8. The summed E-state index contributed by atoms with van der Waals surface area (Å²) in [5, 5.41) is 9.15. The molecule has 1 N–H and O–H groups in total. The van der Waals surface area contributed by atoms with Crippen molar-refractivity contribution in [2.24, 2.45) is 0 Å². The van der Waals surface area contributed by atoms with Crippen LogP contribution in [0.15, 0.2) is 52.9 Å². The molecule has 7 nitrogen and oxygen atoms in total. The predicted molar refractivity (Wildman–Crippen MR) is 117 cm³/mol. The van der Waals surface area contributed by atoms with Gasteiger partial charge in [-0.1, -0.05) is 18.2 Å². The summed E-state index contributed by atoms with van der Waals surface area (Å²) in [6, 6.07) is 12.8. The van der Waals surface area contributed by atoms with Crippen LogP contribution in [0.3, 0.4) is 0 Å². The van der Waals surface area contributed by atoms with E-state index in [1.807, 2.05) is 24.3 Å². The minimum absolute atomic E-state index is 0.0168. The van der Waals surface area contributed by atoms with Gasteiger partial charge < -0.3 is 14.9 Å². The molecule has 2 aromatic carbocycles. The first-order chi connectivity index (χ1) is 14.5. The van der Waals surface area contributed by atoms with Crippen LogP contribution in [0.5, 0.6) is 0 Å². The quantitative estimate of drug-likeness (QED) is 0.626. The zero-order valence-corrected chi connectivity index (χ0v) is 18.0. The van der Waals surface area contributed by atoms with E-state index in [-0.39, 0.29) is 29.6 Å². The van der Waals surface area contributed by atoms with Crippen LogP contribution in [0, 0.1) is 0 Å². The number of nitrogens with zero attached hydrogens (tertiary/aromatic N) is 3. The van der Waals surface area contributed by atoms with E-state index in [0.29, 0.717) is 36.4 Å². The minimum Gasteiger partial charge on any atom is -0.392 e. The highest BCUT2D eigenvalue weighted by Crippen LogP contribution is 2.27. The summed E-state index contributed by atoms with van der Waals surface area (Å²) in [5.74, 6) is -0.337. The highest BCUT2D eigenvalue weighted by molar-refractivity contribution is 7.91. The number of aliphatic hydroxyl groups excluding tert-OH is 1. The Bertz CT molecular complexity index is 1130. The van der Waals surface area contributed by atoms with Crippen molar-refractivity contribution in [2.45, 2.75) is 17.9 Å². The smallest absolute Gasteiger partial charge is 0.223 e. The molecular weight excluding hydrogens is 422 g/mol. The second-order valence-electron chi connectivity index (χ2n) is 7.22. The fraction of sp³-hybridized carbons (Fsp3) is 0.333. The van der Waals surface area contributed by atoms with Gasteiger partial charge in [0.1, 0.15) is 0 Å². The fourth-order valence-electron chi connectivity index (χ4n) is 3.62. The predicted octanol–water partition coefficient (Wildman–Crippen LogP) is 2.30. The number of thiazole rings is 1. The minimum atomic E-state index is -3.56. The zero-order chi connectivity index (χ0) is 21.1. The Labute approximate surface area is 179 Å². The van der Waals surface area contributed by atoms with Gasteiger partial charge in [-0.2, -0.15) is 0 Å². The van der Waals surface area contributed by atoms with Crippen LogP contribution < -0.4 is 4.90 Å². The van der Waals surface area contributed by atoms with E-state index in [2.05, 4.69) is 9.88 Å². The topological polar surface area (TPSA) is 90.8 Å². The molecule has 158 valence electrons. The van der Waals surface area contributed by atoms with Gasteiger partial charge in [0.05, 0.1) is 33.0 Å². The molecule has 1 aromatic heterocycles. The molecule has 1 amide bonds. The van der Waals surface area contributed by atoms with Crippen molar-refractivity contribution >= 4 is 43.0 Å². The third-order valence-corrected chi connectivity index (χ3v) is 8.11. The Kier molecular flexibility index (Phi) is 6.03. The molecule has 0 spiro atoms. The Morgan fingerprint density at radius 3 is 2.50 bits per heavy atom. The van der Waals surface area contributed by atoms with Crippen molar-refractivity contribution in [3.63, 3.8) is 0 Å². The maximum Gasteiger partial charge on any atom is 0.223 e. The van der Waals surface area contributed by atoms with Gasteiger partial charge in [-0.25, -0.2) is 13.4 Å². The summed E-state index contributed by atoms with van der Waals surface area (Å²) in [4.78, 5) is 21.0. The van der Waals surface area contributed by atoms with Gasteiger partial charge in [0.25, 0.3) is 0 Å². The van der Waals surface area contributed by atoms with Gasteiger partial charge in [-0.15, -0.1) is 11.3 Å². The van der Waals surface area contributed by atoms with E-state index in [4.69, 9.17) is 5.11 Å². The highest BCUT2D eigenvalue weighted by atomic mass is 32.2. The van der Waals surface area contributed by atoms with Gasteiger partial charge in [-0.05, 0) is 29.8 Å². The van der Waals surface area contributed by atoms with Crippen molar-refractivity contribution in [1.82, 2.24) is 9.88 Å². The third-order valence-electron chi connectivity index (χ3n) is 5.36. The number of hydrogen-bond acceptors (Lipinski definition) is 7. The molecule has 0 bridgehead atoms. The number of carbonyl (C=O) groups is 1. The summed E-state index contributed by atoms with van der Waals surface area (Å²) < 4.78 is 26.2. The number of rotatable bonds is 6. The molecule has 0 aliphatic carbocycles. The second-order valence-corrected chi connectivity index (χ2v) is 10.2. The molecule has 1 fully saturated rings. The molecule has 9 heteroatoms. The summed E-state index contributed by atoms with van der Waals surface area (Å²) in [5.41, 5.74) is 4.21. The molecule has 3 aromatic rings. The lowest BCUT2D eigenvalue weighted by Crippen LogP contribution is -2.49. The first-order valence-electron chi connectivity index (χ1n) is 9.75. The van der Waals surface area contributed by atoms with Crippen molar-refractivity contribution in [3.8, 4) is 0 Å². The number of amides is 1. The van der Waals surface area contributed by atoms with Gasteiger partial charge in [0.15, 0.2) is 9.84 Å². The van der Waals surface area contributed by atoms with E-state index < -0.39 is 9.84 Å². The maximum absolute atomic E-state index is 12.8. The van der Waals surface area contributed by atoms with E-state index in [1.54, 1.807) is 28.6 Å². The third kappa shape index (κ3) is 4.33. The number of benzene rings is 2. The van der Waals surface area contributed by atoms with E-state index >= 15 is 0 Å². The van der Waals surface area contributed by atoms with Crippen LogP contribution in [-0.4, -0.2) is 61.2 Å². The lowest BCUT2D eigenvalue weighted by molar-refractivity contribution is -0.131. The number of fused-ring (bicyclic) bond motifs is 1. The maximum atomic E-state index is 12.8. The molecular formula is C21H23N3O4S2. The first-order valence-corrected chi connectivity index (χ1v) is 12.3. The largest absolute Gasteiger partial charge is 0.392 e. The lowest BCUT2D eigenvalue weighted by atomic mass is 10.2. The second kappa shape index (κ2) is 8.71. The number of aliphatic hydroxyl groups is 1. The van der Waals surface area contributed by atoms with Crippen LogP contribution in [-0.2, 0) is 21.2 Å². The monoisotopic (exact) mass is 445 g/mol. The summed E-state index contributed by atoms with van der Waals surface area (Å²) >= 11 is 1.30. The molecule has 30 heavy (non-hydrogen) atoms. The molecule has 0 atom stereocenters. The van der Waals surface area contributed by atoms with Crippen molar-refractivity contribution in [1.29, 1.82) is 0 Å². The highest BCUT2D eigenvalue weighted by Gasteiger charge is 2.25. The van der Waals surface area contributed by atoms with Gasteiger partial charge in [0.2, 0.25) is 5.91 Å². The SMILES string of the molecule is O=C(CCS(=O)(=O)c1cccc2ncsc12)N1CCN(c2ccc(CO)cc2)CC1. The number of sulfone groups is 1. The van der Waals surface area contributed by atoms with Gasteiger partial charge in [0, 0.05) is 38.3 Å². The van der Waals surface area contributed by atoms with Gasteiger partial charge >= 0.3 is 0 Å². The summed E-state index contributed by atoms with van der Waals surface area (Å²) in [6.07, 6.45) is -0.0251. The van der Waals surface area contributed by atoms with Crippen molar-refractivity contribution in [3.05, 3.63) is 53.5 Å². The molecule has 0 unspecified atom stereocenters. The molecule has 4 rings (SSSR count). The Morgan fingerprint density at radius 1 is 1.07 bits per heavy atom. The fourth-order valence-corrected chi connectivity index (χ4v) is 6.18. The molecule has 1 saturated heterocycles. The average molecular weight is 446 g/mol. The molecule has 0 radical (unpaired) electrons. The molecule has 1 aliphatic rings. The van der Waals surface area contributed by atoms with Crippen LogP contribution >= 0.6 is 11.3 Å². The number of anilines is 1. The van der Waals surface area contributed by atoms with Crippen LogP contribution in [0.4, 0.5) is 5.69 Å². The molecule has 0 saturated carbocycles. The van der Waals surface area contributed by atoms with Crippen LogP contribution in [0.2, 0.25) is 0 Å². The summed E-state index contributed by atoms with van der Waals surface area (Å²) in [6.45, 7) is 2.52. The van der Waals surface area contributed by atoms with Crippen LogP contribution in [0.1, 0.15) is 12.0 Å². The van der Waals surface area contributed by atoms with Crippen LogP contribution in [0.25, 0.3) is 10.2 Å². The Balaban J connectivity index is 1.34. The number of hydrogen-bond donors (Lipinski definition) is 1. The number of carbonyl (C=O) groups excluding carboxylic acids is 1. The zero-order valence-electron chi connectivity index (χ0n) is 16.4. The number of aromatic nitrogens is 1. The Hall–Kier alpha value is -2.49. The summed E-state index contributed by atoms with van der Waals surface area (Å²) in [7, 11) is -3.56. The van der Waals surface area contributed by atoms with E-state index in [9.17, 15) is 13.2 Å². The van der Waals surface area contributed by atoms with Crippen molar-refractivity contribution in [2.75, 3.05) is 36.8 Å². The number of piperazine rings is 1. The molecule has 2 heterocycles. The molecule has 1 aliphatic heterocycles. The average Bonchev–Trinajstić information content (AvgIpc) is 3.26. The lowest BCUT2D eigenvalue weighted by Gasteiger charge is -2.36. The van der Waals surface area contributed by atoms with E-state index in [1.165, 1.54) is 11.3 Å². The van der Waals surface area contributed by atoms with Gasteiger partial charge in [-0.3, -0.25) is 4.79 Å². The normalized spacial score (nSPS) is 15.0. The standard InChI is InChI=1S/C21H23N3O4S2/c25-14-16-4-6-17(7-5-16)23-9-11-24(12-10-23)20(26)8-13-30(27,28)19-3-1-2-18-21(19)29-15-22-18/h1-7,15,25H,8-14H2. The van der Waals surface area contributed by atoms with E-state index in [0.717, 1.165) is 11.3 Å².